The van der Waals surface area contributed by atoms with E-state index in [0.717, 1.165) is 23.6 Å². The number of hydrogen-bond acceptors (Lipinski definition) is 4. The summed E-state index contributed by atoms with van der Waals surface area (Å²) in [5, 5.41) is 0. The number of rotatable bonds is 4. The molecule has 0 saturated heterocycles. The van der Waals surface area contributed by atoms with Crippen LogP contribution in [0.1, 0.15) is 46.8 Å². The van der Waals surface area contributed by atoms with E-state index < -0.39 is 15.9 Å². The molecule has 1 aromatic heterocycles. The van der Waals surface area contributed by atoms with Gasteiger partial charge in [0.15, 0.2) is 0 Å². The number of carbonyl (C=O) groups is 1. The molecule has 1 aromatic rings. The fourth-order valence-corrected chi connectivity index (χ4v) is 4.51. The molecule has 0 unspecified atom stereocenters. The lowest BCUT2D eigenvalue weighted by molar-refractivity contribution is 0.0887. The number of amides is 1. The summed E-state index contributed by atoms with van der Waals surface area (Å²) in [5.41, 5.74) is 1.23. The Morgan fingerprint density at radius 3 is 2.75 bits per heavy atom. The molecule has 0 aromatic carbocycles. The van der Waals surface area contributed by atoms with Crippen molar-refractivity contribution in [2.45, 2.75) is 39.5 Å². The van der Waals surface area contributed by atoms with Crippen LogP contribution in [0.3, 0.4) is 0 Å². The summed E-state index contributed by atoms with van der Waals surface area (Å²) in [6, 6.07) is 1.89. The Bertz CT molecular complexity index is 604. The summed E-state index contributed by atoms with van der Waals surface area (Å²) in [4.78, 5) is 14.1. The molecule has 1 heterocycles. The highest BCUT2D eigenvalue weighted by molar-refractivity contribution is 7.89. The summed E-state index contributed by atoms with van der Waals surface area (Å²) in [7, 11) is -2.13. The minimum Gasteiger partial charge on any atom is -0.267 e. The van der Waals surface area contributed by atoms with Crippen LogP contribution < -0.4 is 0 Å². The normalized spacial score (nSPS) is 18.6. The molecule has 112 valence electrons. The van der Waals surface area contributed by atoms with Gasteiger partial charge in [-0.1, -0.05) is 13.3 Å². The van der Waals surface area contributed by atoms with Crippen LogP contribution in [0.4, 0.5) is 0 Å². The molecular weight excluding hydrogens is 294 g/mol. The van der Waals surface area contributed by atoms with Gasteiger partial charge in [0.25, 0.3) is 5.91 Å². The van der Waals surface area contributed by atoms with E-state index in [9.17, 15) is 13.2 Å². The zero-order chi connectivity index (χ0) is 14.9. The van der Waals surface area contributed by atoms with E-state index in [0.29, 0.717) is 10.8 Å². The average molecular weight is 315 g/mol. The molecule has 0 aliphatic heterocycles. The molecule has 1 amide bonds. The average Bonchev–Trinajstić information content (AvgIpc) is 2.88. The van der Waals surface area contributed by atoms with Gasteiger partial charge in [0, 0.05) is 11.9 Å². The summed E-state index contributed by atoms with van der Waals surface area (Å²) >= 11 is 1.46. The molecule has 1 atom stereocenters. The van der Waals surface area contributed by atoms with Gasteiger partial charge < -0.3 is 0 Å². The maximum atomic E-state index is 12.3. The van der Waals surface area contributed by atoms with Crippen molar-refractivity contribution in [3.05, 3.63) is 21.4 Å². The number of aryl methyl sites for hydroxylation is 1. The van der Waals surface area contributed by atoms with Crippen LogP contribution in [0.5, 0.6) is 0 Å². The minimum absolute atomic E-state index is 0.0573. The van der Waals surface area contributed by atoms with Crippen molar-refractivity contribution < 1.29 is 13.2 Å². The zero-order valence-corrected chi connectivity index (χ0v) is 13.8. The predicted octanol–water partition coefficient (Wildman–Crippen LogP) is 2.68. The van der Waals surface area contributed by atoms with Crippen molar-refractivity contribution >= 4 is 27.3 Å². The Balaban J connectivity index is 2.23. The third kappa shape index (κ3) is 2.91. The maximum Gasteiger partial charge on any atom is 0.277 e. The van der Waals surface area contributed by atoms with Gasteiger partial charge in [-0.05, 0) is 43.7 Å². The lowest BCUT2D eigenvalue weighted by Crippen LogP contribution is -2.33. The van der Waals surface area contributed by atoms with E-state index >= 15 is 0 Å². The van der Waals surface area contributed by atoms with Gasteiger partial charge in [-0.2, -0.15) is 0 Å². The van der Waals surface area contributed by atoms with E-state index in [4.69, 9.17) is 0 Å². The van der Waals surface area contributed by atoms with Crippen molar-refractivity contribution in [1.29, 1.82) is 0 Å². The largest absolute Gasteiger partial charge is 0.277 e. The Morgan fingerprint density at radius 1 is 1.45 bits per heavy atom. The van der Waals surface area contributed by atoms with Gasteiger partial charge in [0.1, 0.15) is 0 Å². The zero-order valence-electron chi connectivity index (χ0n) is 12.2. The third-order valence-electron chi connectivity index (χ3n) is 4.04. The molecule has 0 saturated carbocycles. The summed E-state index contributed by atoms with van der Waals surface area (Å²) in [6.07, 6.45) is 4.35. The lowest BCUT2D eigenvalue weighted by atomic mass is 9.87. The Hall–Kier alpha value is -0.880. The molecule has 2 rings (SSSR count). The lowest BCUT2D eigenvalue weighted by Gasteiger charge is -2.19. The monoisotopic (exact) mass is 315 g/mol. The second-order valence-corrected chi connectivity index (χ2v) is 8.67. The fourth-order valence-electron chi connectivity index (χ4n) is 2.53. The van der Waals surface area contributed by atoms with Crippen LogP contribution in [0.15, 0.2) is 6.07 Å². The van der Waals surface area contributed by atoms with E-state index in [2.05, 4.69) is 6.92 Å². The highest BCUT2D eigenvalue weighted by Crippen LogP contribution is 2.34. The minimum atomic E-state index is -3.47. The molecule has 0 bridgehead atoms. The van der Waals surface area contributed by atoms with Crippen LogP contribution >= 0.6 is 11.3 Å². The van der Waals surface area contributed by atoms with E-state index in [1.54, 1.807) is 6.92 Å². The molecule has 1 aliphatic rings. The van der Waals surface area contributed by atoms with Crippen LogP contribution in [0.25, 0.3) is 0 Å². The fraction of sp³-hybridized carbons (Fsp3) is 0.643. The topological polar surface area (TPSA) is 54.5 Å². The highest BCUT2D eigenvalue weighted by atomic mass is 32.2. The van der Waals surface area contributed by atoms with Crippen molar-refractivity contribution in [3.8, 4) is 0 Å². The summed E-state index contributed by atoms with van der Waals surface area (Å²) < 4.78 is 24.4. The van der Waals surface area contributed by atoms with Gasteiger partial charge >= 0.3 is 0 Å². The third-order valence-corrected chi connectivity index (χ3v) is 7.00. The molecule has 1 aliphatic carbocycles. The number of carbonyl (C=O) groups excluding carboxylic acids is 1. The van der Waals surface area contributed by atoms with E-state index in [-0.39, 0.29) is 5.75 Å². The van der Waals surface area contributed by atoms with Crippen LogP contribution in [0, 0.1) is 5.92 Å². The van der Waals surface area contributed by atoms with Gasteiger partial charge in [-0.15, -0.1) is 11.3 Å². The van der Waals surface area contributed by atoms with Gasteiger partial charge in [-0.25, -0.2) is 12.7 Å². The van der Waals surface area contributed by atoms with Crippen molar-refractivity contribution in [2.75, 3.05) is 12.8 Å². The molecule has 0 fully saturated rings. The van der Waals surface area contributed by atoms with E-state index in [1.807, 2.05) is 6.07 Å². The molecule has 20 heavy (non-hydrogen) atoms. The van der Waals surface area contributed by atoms with Gasteiger partial charge in [-0.3, -0.25) is 4.79 Å². The number of nitrogens with zero attached hydrogens (tertiary/aromatic N) is 1. The first-order chi connectivity index (χ1) is 9.39. The summed E-state index contributed by atoms with van der Waals surface area (Å²) in [5.74, 6) is 0.231. The first-order valence-electron chi connectivity index (χ1n) is 7.01. The SMILES string of the molecule is CC[C@H]1CCc2sc(C(=O)N(C)S(=O)(=O)CC)cc2C1. The van der Waals surface area contributed by atoms with Gasteiger partial charge in [0.2, 0.25) is 10.0 Å². The Labute approximate surface area is 124 Å². The smallest absolute Gasteiger partial charge is 0.267 e. The standard InChI is InChI=1S/C14H21NO3S2/c1-4-10-6-7-12-11(8-10)9-13(19-12)14(16)15(3)20(17,18)5-2/h9-10H,4-8H2,1-3H3/t10-/m0/s1. The first kappa shape index (κ1) is 15.5. The highest BCUT2D eigenvalue weighted by Gasteiger charge is 2.27. The molecule has 0 N–H and O–H groups in total. The van der Waals surface area contributed by atoms with E-state index in [1.165, 1.54) is 35.2 Å². The van der Waals surface area contributed by atoms with Gasteiger partial charge in [0.05, 0.1) is 10.6 Å². The quantitative estimate of drug-likeness (QED) is 0.858. The van der Waals surface area contributed by atoms with Crippen molar-refractivity contribution in [3.63, 3.8) is 0 Å². The second kappa shape index (κ2) is 5.85. The molecular formula is C14H21NO3S2. The van der Waals surface area contributed by atoms with Crippen LogP contribution in [-0.2, 0) is 22.9 Å². The van der Waals surface area contributed by atoms with Crippen LogP contribution in [0.2, 0.25) is 0 Å². The number of thiophene rings is 1. The summed E-state index contributed by atoms with van der Waals surface area (Å²) in [6.45, 7) is 3.74. The predicted molar refractivity (Wildman–Crippen MR) is 81.7 cm³/mol. The first-order valence-corrected chi connectivity index (χ1v) is 9.44. The van der Waals surface area contributed by atoms with Crippen LogP contribution in [-0.4, -0.2) is 31.4 Å². The number of fused-ring (bicyclic) bond motifs is 1. The Morgan fingerprint density at radius 2 is 2.15 bits per heavy atom. The van der Waals surface area contributed by atoms with Crippen molar-refractivity contribution in [2.24, 2.45) is 5.92 Å². The molecule has 4 nitrogen and oxygen atoms in total. The van der Waals surface area contributed by atoms with Crippen molar-refractivity contribution in [1.82, 2.24) is 4.31 Å². The molecule has 0 radical (unpaired) electrons. The molecule has 6 heteroatoms. The number of hydrogen-bond donors (Lipinski definition) is 0. The molecule has 0 spiro atoms. The number of sulfonamides is 1. The second-order valence-electron chi connectivity index (χ2n) is 5.25. The maximum absolute atomic E-state index is 12.3. The Kier molecular flexibility index (Phi) is 4.54.